The predicted octanol–water partition coefficient (Wildman–Crippen LogP) is 3.49. The van der Waals surface area contributed by atoms with Crippen LogP contribution in [-0.4, -0.2) is 21.0 Å². The maximum Gasteiger partial charge on any atom is 0.251 e. The Hall–Kier alpha value is -2.87. The second-order valence-electron chi connectivity index (χ2n) is 6.01. The smallest absolute Gasteiger partial charge is 0.251 e. The number of amides is 1. The number of anilines is 1. The lowest BCUT2D eigenvalue weighted by molar-refractivity contribution is -0.115. The van der Waals surface area contributed by atoms with E-state index in [0.717, 1.165) is 12.0 Å². The van der Waals surface area contributed by atoms with Gasteiger partial charge in [-0.1, -0.05) is 60.6 Å². The molecular formula is C19H20N4O3S. The number of rotatable bonds is 7. The number of thioether (sulfide) groups is 1. The van der Waals surface area contributed by atoms with Crippen LogP contribution in [0.1, 0.15) is 35.6 Å². The molecule has 2 heterocycles. The first kappa shape index (κ1) is 18.9. The third-order valence-corrected chi connectivity index (χ3v) is 4.87. The molecule has 0 aliphatic rings. The van der Waals surface area contributed by atoms with E-state index >= 15 is 0 Å². The quantitative estimate of drug-likeness (QED) is 0.478. The van der Waals surface area contributed by atoms with Gasteiger partial charge < -0.3 is 14.8 Å². The number of hydrogen-bond donors (Lipinski definition) is 2. The molecule has 0 aliphatic heterocycles. The molecule has 3 rings (SSSR count). The third kappa shape index (κ3) is 5.07. The fourth-order valence-electron chi connectivity index (χ4n) is 2.55. The summed E-state index contributed by atoms with van der Waals surface area (Å²) in [6.45, 7) is 3.77. The maximum absolute atomic E-state index is 12.9. The Kier molecular flexibility index (Phi) is 6.08. The van der Waals surface area contributed by atoms with E-state index in [1.165, 1.54) is 17.8 Å². The average Bonchev–Trinajstić information content (AvgIpc) is 3.05. The average molecular weight is 384 g/mol. The summed E-state index contributed by atoms with van der Waals surface area (Å²) >= 11 is 1.19. The number of nitrogens with zero attached hydrogens (tertiary/aromatic N) is 2. The zero-order chi connectivity index (χ0) is 19.2. The van der Waals surface area contributed by atoms with Crippen molar-refractivity contribution in [2.75, 3.05) is 5.32 Å². The zero-order valence-corrected chi connectivity index (χ0v) is 15.9. The molecule has 7 nitrogen and oxygen atoms in total. The number of aromatic nitrogens is 3. The molecule has 140 valence electrons. The van der Waals surface area contributed by atoms with Crippen LogP contribution in [0, 0.1) is 6.92 Å². The van der Waals surface area contributed by atoms with Crippen LogP contribution in [0.4, 0.5) is 5.82 Å². The van der Waals surface area contributed by atoms with E-state index in [4.69, 9.17) is 4.52 Å². The molecule has 0 aliphatic carbocycles. The van der Waals surface area contributed by atoms with Gasteiger partial charge in [0.1, 0.15) is 11.0 Å². The first-order chi connectivity index (χ1) is 13.0. The van der Waals surface area contributed by atoms with Crippen LogP contribution in [-0.2, 0) is 11.2 Å². The summed E-state index contributed by atoms with van der Waals surface area (Å²) in [5, 5.41) is 6.35. The first-order valence-electron chi connectivity index (χ1n) is 8.61. The Morgan fingerprint density at radius 2 is 2.07 bits per heavy atom. The zero-order valence-electron chi connectivity index (χ0n) is 15.1. The van der Waals surface area contributed by atoms with Crippen molar-refractivity contribution in [3.63, 3.8) is 0 Å². The second kappa shape index (κ2) is 8.68. The van der Waals surface area contributed by atoms with Crippen LogP contribution in [0.3, 0.4) is 0 Å². The molecule has 8 heteroatoms. The summed E-state index contributed by atoms with van der Waals surface area (Å²) in [5.74, 6) is 0.677. The lowest BCUT2D eigenvalue weighted by Crippen LogP contribution is -2.20. The number of carbonyl (C=O) groups excluding carboxylic acids is 1. The Balaban J connectivity index is 1.88. The van der Waals surface area contributed by atoms with E-state index < -0.39 is 5.25 Å². The standard InChI is InChI=1S/C19H20N4O3S/c1-3-7-14-11-16(24)22-19(20-14)27-17(13-8-5-4-6-9-13)18(25)21-15-10-12(2)26-23-15/h4-6,8-11,17H,3,7H2,1-2H3,(H,20,22,24)(H,21,23,25)/t17-/m1/s1. The van der Waals surface area contributed by atoms with E-state index in [-0.39, 0.29) is 11.5 Å². The molecule has 27 heavy (non-hydrogen) atoms. The van der Waals surface area contributed by atoms with E-state index in [0.29, 0.717) is 28.8 Å². The van der Waals surface area contributed by atoms with Crippen LogP contribution < -0.4 is 10.9 Å². The highest BCUT2D eigenvalue weighted by atomic mass is 32.2. The van der Waals surface area contributed by atoms with Crippen molar-refractivity contribution in [2.45, 2.75) is 37.1 Å². The van der Waals surface area contributed by atoms with Crippen LogP contribution in [0.15, 0.2) is 56.9 Å². The highest BCUT2D eigenvalue weighted by Crippen LogP contribution is 2.34. The summed E-state index contributed by atoms with van der Waals surface area (Å²) < 4.78 is 5.00. The van der Waals surface area contributed by atoms with Crippen LogP contribution in [0.5, 0.6) is 0 Å². The summed E-state index contributed by atoms with van der Waals surface area (Å²) in [4.78, 5) is 32.0. The molecule has 3 aromatic rings. The SMILES string of the molecule is CCCc1cc(=O)[nH]c(S[C@@H](C(=O)Nc2cc(C)on2)c2ccccc2)n1. The minimum atomic E-state index is -0.608. The Morgan fingerprint density at radius 3 is 2.74 bits per heavy atom. The highest BCUT2D eigenvalue weighted by Gasteiger charge is 2.24. The molecule has 0 saturated carbocycles. The minimum Gasteiger partial charge on any atom is -0.360 e. The molecule has 1 aromatic carbocycles. The fraction of sp³-hybridized carbons (Fsp3) is 0.263. The monoisotopic (exact) mass is 384 g/mol. The molecule has 0 fully saturated rings. The van der Waals surface area contributed by atoms with Gasteiger partial charge in [0.15, 0.2) is 11.0 Å². The van der Waals surface area contributed by atoms with Crippen molar-refractivity contribution in [3.8, 4) is 0 Å². The van der Waals surface area contributed by atoms with E-state index in [2.05, 4.69) is 20.4 Å². The second-order valence-corrected chi connectivity index (χ2v) is 7.11. The highest BCUT2D eigenvalue weighted by molar-refractivity contribution is 8.00. The number of nitrogens with one attached hydrogen (secondary N) is 2. The van der Waals surface area contributed by atoms with Gasteiger partial charge in [0.25, 0.3) is 5.56 Å². The predicted molar refractivity (Wildman–Crippen MR) is 104 cm³/mol. The molecule has 2 aromatic heterocycles. The Morgan fingerprint density at radius 1 is 1.30 bits per heavy atom. The van der Waals surface area contributed by atoms with Crippen molar-refractivity contribution in [2.24, 2.45) is 0 Å². The number of benzene rings is 1. The van der Waals surface area contributed by atoms with E-state index in [1.54, 1.807) is 13.0 Å². The molecule has 1 amide bonds. The normalized spacial score (nSPS) is 11.9. The van der Waals surface area contributed by atoms with Crippen molar-refractivity contribution in [1.82, 2.24) is 15.1 Å². The summed E-state index contributed by atoms with van der Waals surface area (Å²) in [6.07, 6.45) is 1.59. The topological polar surface area (TPSA) is 101 Å². The van der Waals surface area contributed by atoms with E-state index in [1.807, 2.05) is 37.3 Å². The molecule has 0 bridgehead atoms. The minimum absolute atomic E-state index is 0.227. The van der Waals surface area contributed by atoms with Crippen molar-refractivity contribution < 1.29 is 9.32 Å². The van der Waals surface area contributed by atoms with Crippen molar-refractivity contribution in [3.05, 3.63) is 69.8 Å². The largest absolute Gasteiger partial charge is 0.360 e. The van der Waals surface area contributed by atoms with Gasteiger partial charge in [-0.3, -0.25) is 9.59 Å². The van der Waals surface area contributed by atoms with Gasteiger partial charge in [0, 0.05) is 17.8 Å². The Labute approximate surface area is 160 Å². The fourth-order valence-corrected chi connectivity index (χ4v) is 3.56. The molecule has 0 saturated heterocycles. The number of aromatic amines is 1. The summed E-state index contributed by atoms with van der Waals surface area (Å²) in [7, 11) is 0. The van der Waals surface area contributed by atoms with Crippen LogP contribution >= 0.6 is 11.8 Å². The molecule has 0 radical (unpaired) electrons. The lowest BCUT2D eigenvalue weighted by atomic mass is 10.1. The van der Waals surface area contributed by atoms with Crippen LogP contribution in [0.2, 0.25) is 0 Å². The number of hydrogen-bond acceptors (Lipinski definition) is 6. The number of carbonyl (C=O) groups is 1. The van der Waals surface area contributed by atoms with Crippen molar-refractivity contribution >= 4 is 23.5 Å². The van der Waals surface area contributed by atoms with Gasteiger partial charge in [-0.2, -0.15) is 0 Å². The number of H-pyrrole nitrogens is 1. The van der Waals surface area contributed by atoms with Crippen LogP contribution in [0.25, 0.3) is 0 Å². The maximum atomic E-state index is 12.9. The van der Waals surface area contributed by atoms with Gasteiger partial charge in [-0.15, -0.1) is 0 Å². The summed E-state index contributed by atoms with van der Waals surface area (Å²) in [5.41, 5.74) is 1.28. The van der Waals surface area contributed by atoms with Gasteiger partial charge in [-0.05, 0) is 18.9 Å². The van der Waals surface area contributed by atoms with Crippen molar-refractivity contribution in [1.29, 1.82) is 0 Å². The van der Waals surface area contributed by atoms with Gasteiger partial charge in [0.05, 0.1) is 0 Å². The molecule has 1 atom stereocenters. The molecular weight excluding hydrogens is 364 g/mol. The van der Waals surface area contributed by atoms with Gasteiger partial charge >= 0.3 is 0 Å². The lowest BCUT2D eigenvalue weighted by Gasteiger charge is -2.15. The first-order valence-corrected chi connectivity index (χ1v) is 9.49. The molecule has 0 unspecified atom stereocenters. The third-order valence-electron chi connectivity index (χ3n) is 3.73. The summed E-state index contributed by atoms with van der Waals surface area (Å²) in [6, 6.07) is 12.5. The molecule has 2 N–H and O–H groups in total. The molecule has 0 spiro atoms. The van der Waals surface area contributed by atoms with Gasteiger partial charge in [-0.25, -0.2) is 4.98 Å². The Bertz CT molecular complexity index is 968. The van der Waals surface area contributed by atoms with E-state index in [9.17, 15) is 9.59 Å². The number of aryl methyl sites for hydroxylation is 2. The van der Waals surface area contributed by atoms with Gasteiger partial charge in [0.2, 0.25) is 5.91 Å².